The number of anilines is 1. The lowest BCUT2D eigenvalue weighted by molar-refractivity contribution is 0.108. The van der Waals surface area contributed by atoms with Crippen LogP contribution in [0.3, 0.4) is 0 Å². The van der Waals surface area contributed by atoms with E-state index in [1.807, 2.05) is 13.8 Å². The Morgan fingerprint density at radius 1 is 1.75 bits per heavy atom. The molecule has 1 heterocycles. The topological polar surface area (TPSA) is 69.1 Å². The third-order valence-corrected chi connectivity index (χ3v) is 2.07. The molecular formula is C7H10N2O2S. The Morgan fingerprint density at radius 2 is 2.42 bits per heavy atom. The number of thioether (sulfide) groups is 1. The summed E-state index contributed by atoms with van der Waals surface area (Å²) in [5.41, 5.74) is 5.71. The molecule has 0 saturated heterocycles. The Morgan fingerprint density at radius 3 is 2.83 bits per heavy atom. The first-order chi connectivity index (χ1) is 5.61. The molecule has 2 N–H and O–H groups in total. The zero-order valence-corrected chi connectivity index (χ0v) is 7.72. The summed E-state index contributed by atoms with van der Waals surface area (Å²) in [4.78, 5) is 11.3. The van der Waals surface area contributed by atoms with Crippen molar-refractivity contribution in [1.29, 1.82) is 0 Å². The van der Waals surface area contributed by atoms with Crippen LogP contribution in [-0.2, 0) is 0 Å². The molecule has 0 atom stereocenters. The fraction of sp³-hybridized carbons (Fsp3) is 0.429. The second-order valence-electron chi connectivity index (χ2n) is 2.56. The number of aromatic nitrogens is 1. The number of rotatable bonds is 2. The van der Waals surface area contributed by atoms with Gasteiger partial charge in [0.1, 0.15) is 5.56 Å². The molecule has 5 heteroatoms. The van der Waals surface area contributed by atoms with E-state index in [0.29, 0.717) is 5.56 Å². The number of nitrogen functional groups attached to an aromatic ring is 1. The summed E-state index contributed by atoms with van der Waals surface area (Å²) in [7, 11) is 0. The first kappa shape index (κ1) is 9.12. The van der Waals surface area contributed by atoms with Crippen molar-refractivity contribution < 1.29 is 9.32 Å². The van der Waals surface area contributed by atoms with E-state index < -0.39 is 0 Å². The molecule has 0 unspecified atom stereocenters. The normalized spacial score (nSPS) is 10.6. The van der Waals surface area contributed by atoms with E-state index in [4.69, 9.17) is 5.73 Å². The van der Waals surface area contributed by atoms with Gasteiger partial charge >= 0.3 is 0 Å². The number of hydrogen-bond donors (Lipinski definition) is 1. The molecular weight excluding hydrogens is 176 g/mol. The zero-order valence-electron chi connectivity index (χ0n) is 6.90. The van der Waals surface area contributed by atoms with Crippen LogP contribution in [0.15, 0.2) is 10.7 Å². The van der Waals surface area contributed by atoms with E-state index >= 15 is 0 Å². The molecule has 0 aliphatic carbocycles. The van der Waals surface area contributed by atoms with E-state index in [1.165, 1.54) is 18.0 Å². The molecule has 0 aliphatic rings. The Hall–Kier alpha value is -0.970. The summed E-state index contributed by atoms with van der Waals surface area (Å²) in [5, 5.41) is 3.56. The maximum absolute atomic E-state index is 11.3. The van der Waals surface area contributed by atoms with Crippen LogP contribution >= 0.6 is 11.8 Å². The van der Waals surface area contributed by atoms with Gasteiger partial charge in [-0.25, -0.2) is 0 Å². The molecule has 1 aromatic rings. The summed E-state index contributed by atoms with van der Waals surface area (Å²) in [6, 6.07) is 0. The minimum absolute atomic E-state index is 0.0909. The highest BCUT2D eigenvalue weighted by molar-refractivity contribution is 8.14. The van der Waals surface area contributed by atoms with Gasteiger partial charge in [0.25, 0.3) is 0 Å². The van der Waals surface area contributed by atoms with E-state index in [9.17, 15) is 4.79 Å². The Bertz CT molecular complexity index is 283. The lowest BCUT2D eigenvalue weighted by Crippen LogP contribution is -2.00. The Labute approximate surface area is 74.5 Å². The van der Waals surface area contributed by atoms with Gasteiger partial charge < -0.3 is 10.3 Å². The van der Waals surface area contributed by atoms with E-state index in [1.54, 1.807) is 0 Å². The van der Waals surface area contributed by atoms with Crippen molar-refractivity contribution in [3.63, 3.8) is 0 Å². The van der Waals surface area contributed by atoms with Crippen molar-refractivity contribution in [2.45, 2.75) is 19.1 Å². The lowest BCUT2D eigenvalue weighted by atomic mass is 10.4. The minimum atomic E-state index is -0.0937. The lowest BCUT2D eigenvalue weighted by Gasteiger charge is -2.00. The van der Waals surface area contributed by atoms with Crippen LogP contribution in [0.4, 0.5) is 5.88 Å². The average Bonchev–Trinajstić information content (AvgIpc) is 2.33. The first-order valence-electron chi connectivity index (χ1n) is 3.52. The molecule has 1 aromatic heterocycles. The predicted octanol–water partition coefficient (Wildman–Crippen LogP) is 1.54. The van der Waals surface area contributed by atoms with Gasteiger partial charge in [0.2, 0.25) is 11.0 Å². The summed E-state index contributed by atoms with van der Waals surface area (Å²) >= 11 is 1.21. The van der Waals surface area contributed by atoms with Gasteiger partial charge in [-0.3, -0.25) is 4.79 Å². The van der Waals surface area contributed by atoms with Gasteiger partial charge in [-0.05, 0) is 0 Å². The van der Waals surface area contributed by atoms with Gasteiger partial charge in [-0.1, -0.05) is 30.8 Å². The summed E-state index contributed by atoms with van der Waals surface area (Å²) in [6.07, 6.45) is 1.34. The van der Waals surface area contributed by atoms with Crippen LogP contribution in [0, 0.1) is 0 Å². The largest absolute Gasteiger partial charge is 0.367 e. The van der Waals surface area contributed by atoms with Crippen LogP contribution in [0.25, 0.3) is 0 Å². The summed E-state index contributed by atoms with van der Waals surface area (Å²) in [6.45, 7) is 3.87. The van der Waals surface area contributed by atoms with Crippen molar-refractivity contribution in [3.8, 4) is 0 Å². The number of hydrogen-bond acceptors (Lipinski definition) is 5. The summed E-state index contributed by atoms with van der Waals surface area (Å²) in [5.74, 6) is 0.0909. The molecule has 0 radical (unpaired) electrons. The zero-order chi connectivity index (χ0) is 9.14. The third-order valence-electron chi connectivity index (χ3n) is 1.16. The van der Waals surface area contributed by atoms with Crippen LogP contribution in [0.1, 0.15) is 24.2 Å². The van der Waals surface area contributed by atoms with Crippen LogP contribution in [0.2, 0.25) is 0 Å². The highest BCUT2D eigenvalue weighted by Crippen LogP contribution is 2.20. The Balaban J connectivity index is 2.72. The number of carbonyl (C=O) groups is 1. The van der Waals surface area contributed by atoms with Crippen molar-refractivity contribution in [3.05, 3.63) is 11.8 Å². The van der Waals surface area contributed by atoms with E-state index in [-0.39, 0.29) is 16.2 Å². The smallest absolute Gasteiger partial charge is 0.233 e. The predicted molar refractivity (Wildman–Crippen MR) is 48.0 cm³/mol. The van der Waals surface area contributed by atoms with Gasteiger partial charge in [0, 0.05) is 5.25 Å². The van der Waals surface area contributed by atoms with Crippen LogP contribution < -0.4 is 5.73 Å². The number of nitrogens with two attached hydrogens (primary N) is 1. The number of nitrogens with zero attached hydrogens (tertiary/aromatic N) is 1. The minimum Gasteiger partial charge on any atom is -0.367 e. The maximum atomic E-state index is 11.3. The standard InChI is InChI=1S/C7H10N2O2S/c1-4(2)12-7(10)5-3-9-11-6(5)8/h3-4H,8H2,1-2H3. The molecule has 66 valence electrons. The van der Waals surface area contributed by atoms with E-state index in [2.05, 4.69) is 9.68 Å². The van der Waals surface area contributed by atoms with Gasteiger partial charge in [-0.15, -0.1) is 0 Å². The maximum Gasteiger partial charge on any atom is 0.233 e. The highest BCUT2D eigenvalue weighted by atomic mass is 32.2. The van der Waals surface area contributed by atoms with Crippen LogP contribution in [0.5, 0.6) is 0 Å². The molecule has 0 saturated carbocycles. The molecule has 0 bridgehead atoms. The third kappa shape index (κ3) is 2.01. The Kier molecular flexibility index (Phi) is 2.75. The molecule has 0 amide bonds. The SMILES string of the molecule is CC(C)SC(=O)c1cnoc1N. The fourth-order valence-corrected chi connectivity index (χ4v) is 1.39. The van der Waals surface area contributed by atoms with E-state index in [0.717, 1.165) is 0 Å². The molecule has 0 aliphatic heterocycles. The summed E-state index contributed by atoms with van der Waals surface area (Å²) < 4.78 is 4.56. The molecule has 0 aromatic carbocycles. The second-order valence-corrected chi connectivity index (χ2v) is 4.11. The van der Waals surface area contributed by atoms with Crippen molar-refractivity contribution >= 4 is 22.8 Å². The van der Waals surface area contributed by atoms with Crippen LogP contribution in [-0.4, -0.2) is 15.5 Å². The molecule has 1 rings (SSSR count). The van der Waals surface area contributed by atoms with Gasteiger partial charge in [-0.2, -0.15) is 0 Å². The highest BCUT2D eigenvalue weighted by Gasteiger charge is 2.15. The quantitative estimate of drug-likeness (QED) is 0.758. The molecule has 0 fully saturated rings. The van der Waals surface area contributed by atoms with Gasteiger partial charge in [0.15, 0.2) is 0 Å². The molecule has 4 nitrogen and oxygen atoms in total. The van der Waals surface area contributed by atoms with Gasteiger partial charge in [0.05, 0.1) is 6.20 Å². The molecule has 0 spiro atoms. The van der Waals surface area contributed by atoms with Crippen molar-refractivity contribution in [2.75, 3.05) is 5.73 Å². The second kappa shape index (κ2) is 3.62. The average molecular weight is 186 g/mol. The van der Waals surface area contributed by atoms with Crippen molar-refractivity contribution in [2.24, 2.45) is 0 Å². The van der Waals surface area contributed by atoms with Crippen molar-refractivity contribution in [1.82, 2.24) is 5.16 Å². The molecule has 12 heavy (non-hydrogen) atoms. The first-order valence-corrected chi connectivity index (χ1v) is 4.40. The monoisotopic (exact) mass is 186 g/mol. The number of carbonyl (C=O) groups excluding carboxylic acids is 1. The fourth-order valence-electron chi connectivity index (χ4n) is 0.679.